The van der Waals surface area contributed by atoms with Crippen molar-refractivity contribution in [2.45, 2.75) is 19.4 Å². The molecule has 0 fully saturated rings. The summed E-state index contributed by atoms with van der Waals surface area (Å²) in [6.45, 7) is 2.61. The van der Waals surface area contributed by atoms with Crippen molar-refractivity contribution in [1.82, 2.24) is 4.98 Å². The maximum Gasteiger partial charge on any atom is 0.0737 e. The summed E-state index contributed by atoms with van der Waals surface area (Å²) in [5.41, 5.74) is 2.00. The quantitative estimate of drug-likeness (QED) is 0.922. The molecule has 96 valence electrons. The highest BCUT2D eigenvalue weighted by Gasteiger charge is 2.08. The van der Waals surface area contributed by atoms with Gasteiger partial charge in [0, 0.05) is 35.9 Å². The number of aliphatic hydroxyl groups excluding tert-OH is 1. The second-order valence-electron chi connectivity index (χ2n) is 4.55. The zero-order valence-corrected chi connectivity index (χ0v) is 11.4. The van der Waals surface area contributed by atoms with Gasteiger partial charge < -0.3 is 10.0 Å². The highest BCUT2D eigenvalue weighted by molar-refractivity contribution is 6.31. The van der Waals surface area contributed by atoms with E-state index in [1.54, 1.807) is 13.1 Å². The van der Waals surface area contributed by atoms with Crippen molar-refractivity contribution < 1.29 is 5.11 Å². The Labute approximate surface area is 112 Å². The van der Waals surface area contributed by atoms with Crippen LogP contribution in [0, 0.1) is 0 Å². The van der Waals surface area contributed by atoms with E-state index in [1.165, 1.54) is 0 Å². The van der Waals surface area contributed by atoms with Crippen molar-refractivity contribution in [2.24, 2.45) is 0 Å². The van der Waals surface area contributed by atoms with Crippen LogP contribution in [0.1, 0.15) is 13.3 Å². The summed E-state index contributed by atoms with van der Waals surface area (Å²) in [4.78, 5) is 6.45. The predicted octanol–water partition coefficient (Wildman–Crippen LogP) is 3.10. The van der Waals surface area contributed by atoms with E-state index in [0.29, 0.717) is 5.02 Å². The Bertz CT molecular complexity index is 542. The number of aromatic nitrogens is 1. The molecule has 3 nitrogen and oxygen atoms in total. The average molecular weight is 265 g/mol. The fourth-order valence-electron chi connectivity index (χ4n) is 1.94. The van der Waals surface area contributed by atoms with Crippen molar-refractivity contribution >= 4 is 28.2 Å². The molecule has 0 saturated heterocycles. The molecule has 18 heavy (non-hydrogen) atoms. The molecule has 2 aromatic rings. The lowest BCUT2D eigenvalue weighted by Gasteiger charge is -2.21. The van der Waals surface area contributed by atoms with Crippen LogP contribution in [0.25, 0.3) is 10.9 Å². The highest BCUT2D eigenvalue weighted by atomic mass is 35.5. The third kappa shape index (κ3) is 2.92. The standard InChI is InChI=1S/C14H17ClN2O/c1-10(18)6-8-17(2)14-5-7-16-13-9-11(15)3-4-12(13)14/h3-5,7,9-10,18H,6,8H2,1-2H3. The molecule has 1 atom stereocenters. The van der Waals surface area contributed by atoms with E-state index in [0.717, 1.165) is 29.6 Å². The van der Waals surface area contributed by atoms with Gasteiger partial charge in [-0.1, -0.05) is 11.6 Å². The summed E-state index contributed by atoms with van der Waals surface area (Å²) in [6.07, 6.45) is 2.25. The number of hydrogen-bond donors (Lipinski definition) is 1. The minimum Gasteiger partial charge on any atom is -0.393 e. The lowest BCUT2D eigenvalue weighted by Crippen LogP contribution is -2.22. The van der Waals surface area contributed by atoms with Gasteiger partial charge in [-0.2, -0.15) is 0 Å². The van der Waals surface area contributed by atoms with Gasteiger partial charge in [0.2, 0.25) is 0 Å². The van der Waals surface area contributed by atoms with Crippen molar-refractivity contribution in [3.05, 3.63) is 35.5 Å². The Kier molecular flexibility index (Phi) is 4.04. The number of halogens is 1. The Balaban J connectivity index is 2.32. The molecular formula is C14H17ClN2O. The van der Waals surface area contributed by atoms with Gasteiger partial charge in [-0.3, -0.25) is 4.98 Å². The van der Waals surface area contributed by atoms with Crippen LogP contribution in [-0.2, 0) is 0 Å². The fraction of sp³-hybridized carbons (Fsp3) is 0.357. The minimum absolute atomic E-state index is 0.282. The van der Waals surface area contributed by atoms with Crippen LogP contribution in [0.2, 0.25) is 5.02 Å². The third-order valence-corrected chi connectivity index (χ3v) is 3.21. The van der Waals surface area contributed by atoms with Gasteiger partial charge in [0.1, 0.15) is 0 Å². The van der Waals surface area contributed by atoms with E-state index >= 15 is 0 Å². The number of aliphatic hydroxyl groups is 1. The lowest BCUT2D eigenvalue weighted by atomic mass is 10.1. The topological polar surface area (TPSA) is 36.4 Å². The van der Waals surface area contributed by atoms with Crippen LogP contribution in [0.15, 0.2) is 30.5 Å². The Morgan fingerprint density at radius 1 is 1.39 bits per heavy atom. The van der Waals surface area contributed by atoms with Crippen LogP contribution in [0.5, 0.6) is 0 Å². The molecule has 1 aromatic heterocycles. The molecule has 0 amide bonds. The number of nitrogens with zero attached hydrogens (tertiary/aromatic N) is 2. The summed E-state index contributed by atoms with van der Waals surface area (Å²) in [5, 5.41) is 11.1. The van der Waals surface area contributed by atoms with Gasteiger partial charge >= 0.3 is 0 Å². The average Bonchev–Trinajstić information content (AvgIpc) is 2.34. The molecule has 0 spiro atoms. The number of pyridine rings is 1. The molecular weight excluding hydrogens is 248 g/mol. The molecule has 0 aliphatic heterocycles. The fourth-order valence-corrected chi connectivity index (χ4v) is 2.11. The van der Waals surface area contributed by atoms with Crippen molar-refractivity contribution in [2.75, 3.05) is 18.5 Å². The molecule has 0 radical (unpaired) electrons. The van der Waals surface area contributed by atoms with Crippen LogP contribution >= 0.6 is 11.6 Å². The van der Waals surface area contributed by atoms with Gasteiger partial charge in [0.25, 0.3) is 0 Å². The van der Waals surface area contributed by atoms with Crippen molar-refractivity contribution in [3.63, 3.8) is 0 Å². The van der Waals surface area contributed by atoms with E-state index in [-0.39, 0.29) is 6.10 Å². The summed E-state index contributed by atoms with van der Waals surface area (Å²) in [5.74, 6) is 0. The molecule has 0 saturated carbocycles. The van der Waals surface area contributed by atoms with Gasteiger partial charge in [0.05, 0.1) is 11.6 Å². The van der Waals surface area contributed by atoms with E-state index in [4.69, 9.17) is 11.6 Å². The third-order valence-electron chi connectivity index (χ3n) is 2.98. The first-order chi connectivity index (χ1) is 8.58. The Morgan fingerprint density at radius 3 is 2.89 bits per heavy atom. The molecule has 1 aromatic carbocycles. The SMILES string of the molecule is CC(O)CCN(C)c1ccnc2cc(Cl)ccc12. The molecule has 4 heteroatoms. The number of fused-ring (bicyclic) bond motifs is 1. The van der Waals surface area contributed by atoms with Gasteiger partial charge in [-0.25, -0.2) is 0 Å². The minimum atomic E-state index is -0.282. The first-order valence-electron chi connectivity index (χ1n) is 6.01. The maximum atomic E-state index is 9.34. The molecule has 0 bridgehead atoms. The Hall–Kier alpha value is -1.32. The summed E-state index contributed by atoms with van der Waals surface area (Å²) < 4.78 is 0. The lowest BCUT2D eigenvalue weighted by molar-refractivity contribution is 0.187. The largest absolute Gasteiger partial charge is 0.393 e. The number of rotatable bonds is 4. The van der Waals surface area contributed by atoms with Gasteiger partial charge in [-0.15, -0.1) is 0 Å². The molecule has 1 unspecified atom stereocenters. The smallest absolute Gasteiger partial charge is 0.0737 e. The summed E-state index contributed by atoms with van der Waals surface area (Å²) in [6, 6.07) is 7.71. The number of hydrogen-bond acceptors (Lipinski definition) is 3. The monoisotopic (exact) mass is 264 g/mol. The van der Waals surface area contributed by atoms with Crippen LogP contribution in [-0.4, -0.2) is 29.8 Å². The molecule has 1 heterocycles. The second kappa shape index (κ2) is 5.55. The van der Waals surface area contributed by atoms with E-state index < -0.39 is 0 Å². The van der Waals surface area contributed by atoms with Gasteiger partial charge in [-0.05, 0) is 37.6 Å². The molecule has 1 N–H and O–H groups in total. The first kappa shape index (κ1) is 13.1. The van der Waals surface area contributed by atoms with Crippen LogP contribution in [0.3, 0.4) is 0 Å². The van der Waals surface area contributed by atoms with Crippen LogP contribution < -0.4 is 4.90 Å². The zero-order valence-electron chi connectivity index (χ0n) is 10.6. The maximum absolute atomic E-state index is 9.34. The molecule has 0 aliphatic rings. The predicted molar refractivity (Wildman–Crippen MR) is 76.3 cm³/mol. The number of anilines is 1. The Morgan fingerprint density at radius 2 is 2.17 bits per heavy atom. The van der Waals surface area contributed by atoms with Crippen molar-refractivity contribution in [1.29, 1.82) is 0 Å². The zero-order chi connectivity index (χ0) is 13.1. The highest BCUT2D eigenvalue weighted by Crippen LogP contribution is 2.26. The molecule has 2 rings (SSSR count). The van der Waals surface area contributed by atoms with E-state index in [2.05, 4.69) is 9.88 Å². The summed E-state index contributed by atoms with van der Waals surface area (Å²) in [7, 11) is 2.02. The van der Waals surface area contributed by atoms with Crippen LogP contribution in [0.4, 0.5) is 5.69 Å². The van der Waals surface area contributed by atoms with E-state index in [1.807, 2.05) is 31.3 Å². The molecule has 0 aliphatic carbocycles. The summed E-state index contributed by atoms with van der Waals surface area (Å²) >= 11 is 5.97. The van der Waals surface area contributed by atoms with Gasteiger partial charge in [0.15, 0.2) is 0 Å². The second-order valence-corrected chi connectivity index (χ2v) is 4.99. The normalized spacial score (nSPS) is 12.7. The van der Waals surface area contributed by atoms with Crippen molar-refractivity contribution in [3.8, 4) is 0 Å². The number of benzene rings is 1. The first-order valence-corrected chi connectivity index (χ1v) is 6.39. The van der Waals surface area contributed by atoms with E-state index in [9.17, 15) is 5.11 Å².